The smallest absolute Gasteiger partial charge is 0.163 e. The number of rotatable bonds is 5. The maximum absolute atomic E-state index is 12.2. The van der Waals surface area contributed by atoms with Crippen molar-refractivity contribution in [2.45, 2.75) is 37.1 Å². The van der Waals surface area contributed by atoms with E-state index < -0.39 is 17.0 Å². The summed E-state index contributed by atoms with van der Waals surface area (Å²) in [5.74, 6) is -0.122. The largest absolute Gasteiger partial charge is 0.611 e. The first-order valence-electron chi connectivity index (χ1n) is 6.40. The Morgan fingerprint density at radius 2 is 2.05 bits per heavy atom. The minimum absolute atomic E-state index is 0.118. The molecule has 1 N–H and O–H groups in total. The lowest BCUT2D eigenvalue weighted by Gasteiger charge is -2.18. The molecule has 0 bridgehead atoms. The van der Waals surface area contributed by atoms with Crippen molar-refractivity contribution in [3.05, 3.63) is 29.8 Å². The fourth-order valence-electron chi connectivity index (χ4n) is 2.05. The van der Waals surface area contributed by atoms with E-state index in [4.69, 9.17) is 14.6 Å². The standard InChI is InChI=1S/C14H20O4S/c1-14(2)17-9-12(18-14)10-19(16)13-5-3-11(4-6-13)7-8-15/h3-6,12,15H,7-10H2,1-2H3/t12?,19-/m0/s1. The van der Waals surface area contributed by atoms with Gasteiger partial charge in [-0.25, -0.2) is 0 Å². The molecule has 1 aromatic carbocycles. The number of aliphatic hydroxyl groups is 1. The molecule has 106 valence electrons. The van der Waals surface area contributed by atoms with Gasteiger partial charge in [0.25, 0.3) is 0 Å². The third-order valence-electron chi connectivity index (χ3n) is 2.99. The fraction of sp³-hybridized carbons (Fsp3) is 0.571. The molecule has 1 saturated heterocycles. The van der Waals surface area contributed by atoms with Gasteiger partial charge in [0.15, 0.2) is 10.7 Å². The van der Waals surface area contributed by atoms with Crippen LogP contribution < -0.4 is 0 Å². The van der Waals surface area contributed by atoms with Gasteiger partial charge < -0.3 is 19.1 Å². The van der Waals surface area contributed by atoms with Crippen molar-refractivity contribution in [1.82, 2.24) is 0 Å². The average Bonchev–Trinajstić information content (AvgIpc) is 2.70. The summed E-state index contributed by atoms with van der Waals surface area (Å²) < 4.78 is 23.3. The van der Waals surface area contributed by atoms with Gasteiger partial charge in [0.1, 0.15) is 11.9 Å². The highest BCUT2D eigenvalue weighted by molar-refractivity contribution is 7.91. The van der Waals surface area contributed by atoms with Crippen LogP contribution in [0.25, 0.3) is 0 Å². The number of hydrogen-bond acceptors (Lipinski definition) is 4. The maximum atomic E-state index is 12.2. The quantitative estimate of drug-likeness (QED) is 0.832. The van der Waals surface area contributed by atoms with Gasteiger partial charge in [-0.05, 0) is 49.1 Å². The van der Waals surface area contributed by atoms with E-state index in [-0.39, 0.29) is 12.7 Å². The highest BCUT2D eigenvalue weighted by Crippen LogP contribution is 2.25. The molecule has 0 radical (unpaired) electrons. The molecule has 19 heavy (non-hydrogen) atoms. The van der Waals surface area contributed by atoms with Gasteiger partial charge in [-0.3, -0.25) is 0 Å². The first kappa shape index (κ1) is 14.8. The van der Waals surface area contributed by atoms with Gasteiger partial charge in [0.05, 0.1) is 6.61 Å². The van der Waals surface area contributed by atoms with Crippen LogP contribution in [-0.4, -0.2) is 40.5 Å². The van der Waals surface area contributed by atoms with Crippen LogP contribution in [-0.2, 0) is 27.1 Å². The molecule has 1 aliphatic rings. The molecule has 1 fully saturated rings. The Morgan fingerprint density at radius 1 is 1.37 bits per heavy atom. The summed E-state index contributed by atoms with van der Waals surface area (Å²) in [6.07, 6.45) is 0.508. The summed E-state index contributed by atoms with van der Waals surface area (Å²) in [5.41, 5.74) is 1.05. The van der Waals surface area contributed by atoms with Crippen molar-refractivity contribution >= 4 is 11.2 Å². The van der Waals surface area contributed by atoms with E-state index in [2.05, 4.69) is 0 Å². The molecule has 4 nitrogen and oxygen atoms in total. The third-order valence-corrected chi connectivity index (χ3v) is 4.46. The lowest BCUT2D eigenvalue weighted by atomic mass is 10.2. The molecule has 2 rings (SSSR count). The topological polar surface area (TPSA) is 61.8 Å². The molecule has 5 heteroatoms. The highest BCUT2D eigenvalue weighted by Gasteiger charge is 2.35. The monoisotopic (exact) mass is 284 g/mol. The Labute approximate surface area is 116 Å². The van der Waals surface area contributed by atoms with Gasteiger partial charge in [-0.2, -0.15) is 0 Å². The number of hydrogen-bond donors (Lipinski definition) is 1. The Bertz CT molecular complexity index is 404. The van der Waals surface area contributed by atoms with Crippen LogP contribution in [0.5, 0.6) is 0 Å². The normalized spacial score (nSPS) is 23.5. The summed E-state index contributed by atoms with van der Waals surface area (Å²) >= 11 is -1.09. The molecule has 0 aromatic heterocycles. The summed E-state index contributed by atoms with van der Waals surface area (Å²) in [4.78, 5) is 0.787. The predicted molar refractivity (Wildman–Crippen MR) is 73.4 cm³/mol. The minimum atomic E-state index is -1.09. The molecule has 1 heterocycles. The van der Waals surface area contributed by atoms with E-state index in [0.717, 1.165) is 10.5 Å². The molecular weight excluding hydrogens is 264 g/mol. The van der Waals surface area contributed by atoms with E-state index >= 15 is 0 Å². The Balaban J connectivity index is 1.91. The number of aliphatic hydroxyl groups excluding tert-OH is 1. The Morgan fingerprint density at radius 3 is 2.58 bits per heavy atom. The molecule has 1 aromatic rings. The molecule has 0 spiro atoms. The second-order valence-corrected chi connectivity index (χ2v) is 6.58. The van der Waals surface area contributed by atoms with E-state index in [9.17, 15) is 4.55 Å². The van der Waals surface area contributed by atoms with Crippen molar-refractivity contribution in [2.75, 3.05) is 19.0 Å². The molecule has 0 aliphatic carbocycles. The zero-order valence-electron chi connectivity index (χ0n) is 11.3. The van der Waals surface area contributed by atoms with Crippen LogP contribution >= 0.6 is 0 Å². The van der Waals surface area contributed by atoms with Gasteiger partial charge >= 0.3 is 0 Å². The molecule has 0 saturated carbocycles. The molecule has 1 aliphatic heterocycles. The van der Waals surface area contributed by atoms with Crippen LogP contribution in [0.3, 0.4) is 0 Å². The van der Waals surface area contributed by atoms with Crippen LogP contribution in [0.4, 0.5) is 0 Å². The van der Waals surface area contributed by atoms with Crippen molar-refractivity contribution < 1.29 is 19.1 Å². The van der Waals surface area contributed by atoms with E-state index in [1.54, 1.807) is 0 Å². The minimum Gasteiger partial charge on any atom is -0.611 e. The predicted octanol–water partition coefficient (Wildman–Crippen LogP) is 1.48. The second-order valence-electron chi connectivity index (χ2n) is 5.08. The SMILES string of the molecule is CC1(C)OCC(C[S@+]([O-])c2ccc(CCO)cc2)O1. The summed E-state index contributed by atoms with van der Waals surface area (Å²) in [5, 5.41) is 8.85. The lowest BCUT2D eigenvalue weighted by Crippen LogP contribution is -2.26. The highest BCUT2D eigenvalue weighted by atomic mass is 32.2. The molecule has 1 unspecified atom stereocenters. The summed E-state index contributed by atoms with van der Waals surface area (Å²) in [7, 11) is 0. The fourth-order valence-corrected chi connectivity index (χ4v) is 3.18. The molecule has 0 amide bonds. The van der Waals surface area contributed by atoms with Gasteiger partial charge in [0, 0.05) is 6.61 Å². The first-order chi connectivity index (χ1) is 9.00. The van der Waals surface area contributed by atoms with Crippen LogP contribution in [0, 0.1) is 0 Å². The number of ether oxygens (including phenoxy) is 2. The van der Waals surface area contributed by atoms with Gasteiger partial charge in [-0.1, -0.05) is 12.1 Å². The molecule has 2 atom stereocenters. The lowest BCUT2D eigenvalue weighted by molar-refractivity contribution is -0.135. The second kappa shape index (κ2) is 6.24. The van der Waals surface area contributed by atoms with E-state index in [0.29, 0.717) is 18.8 Å². The maximum Gasteiger partial charge on any atom is 0.163 e. The van der Waals surface area contributed by atoms with Crippen LogP contribution in [0.1, 0.15) is 19.4 Å². The number of benzene rings is 1. The summed E-state index contributed by atoms with van der Waals surface area (Å²) in [6.45, 7) is 4.34. The van der Waals surface area contributed by atoms with E-state index in [1.165, 1.54) is 0 Å². The van der Waals surface area contributed by atoms with Gasteiger partial charge in [0.2, 0.25) is 0 Å². The zero-order valence-corrected chi connectivity index (χ0v) is 12.1. The van der Waals surface area contributed by atoms with Crippen molar-refractivity contribution in [3.63, 3.8) is 0 Å². The van der Waals surface area contributed by atoms with Crippen molar-refractivity contribution in [1.29, 1.82) is 0 Å². The average molecular weight is 284 g/mol. The van der Waals surface area contributed by atoms with Crippen molar-refractivity contribution in [3.8, 4) is 0 Å². The van der Waals surface area contributed by atoms with Crippen LogP contribution in [0.15, 0.2) is 29.2 Å². The zero-order chi connectivity index (χ0) is 13.9. The third kappa shape index (κ3) is 4.19. The van der Waals surface area contributed by atoms with E-state index in [1.807, 2.05) is 38.1 Å². The van der Waals surface area contributed by atoms with Crippen LogP contribution in [0.2, 0.25) is 0 Å². The Hall–Kier alpha value is -0.590. The van der Waals surface area contributed by atoms with Crippen molar-refractivity contribution in [2.24, 2.45) is 0 Å². The van der Waals surface area contributed by atoms with Gasteiger partial charge in [-0.15, -0.1) is 0 Å². The molecular formula is C14H20O4S. The Kier molecular flexibility index (Phi) is 4.86. The summed E-state index contributed by atoms with van der Waals surface area (Å²) in [6, 6.07) is 7.50. The first-order valence-corrected chi connectivity index (χ1v) is 7.72.